The van der Waals surface area contributed by atoms with Crippen LogP contribution in [0.15, 0.2) is 0 Å². The van der Waals surface area contributed by atoms with Crippen molar-refractivity contribution in [3.8, 4) is 0 Å². The first-order chi connectivity index (χ1) is 5.03. The second kappa shape index (κ2) is 3.10. The van der Waals surface area contributed by atoms with Gasteiger partial charge in [0.05, 0.1) is 6.61 Å². The molecule has 1 aliphatic rings. The third-order valence-corrected chi connectivity index (χ3v) is 2.47. The minimum absolute atomic E-state index is 0.309. The van der Waals surface area contributed by atoms with Gasteiger partial charge in [-0.05, 0) is 30.6 Å². The normalized spacial score (nSPS) is 26.2. The van der Waals surface area contributed by atoms with E-state index in [0.717, 1.165) is 12.8 Å². The molecule has 0 bridgehead atoms. The summed E-state index contributed by atoms with van der Waals surface area (Å²) in [5.74, 6) is 0.521. The largest absolute Gasteiger partial charge is 0.393 e. The number of rotatable bonds is 3. The zero-order valence-electron chi connectivity index (χ0n) is 7.31. The van der Waals surface area contributed by atoms with Crippen LogP contribution in [0.5, 0.6) is 0 Å². The molecule has 1 nitrogen and oxygen atoms in total. The van der Waals surface area contributed by atoms with E-state index in [0.29, 0.717) is 17.8 Å². The quantitative estimate of drug-likeness (QED) is 0.670. The summed E-state index contributed by atoms with van der Waals surface area (Å²) in [6.07, 6.45) is 1.80. The summed E-state index contributed by atoms with van der Waals surface area (Å²) in [5, 5.41) is 8.46. The highest BCUT2D eigenvalue weighted by molar-refractivity contribution is 4.87. The summed E-state index contributed by atoms with van der Waals surface area (Å²) in [4.78, 5) is 0. The van der Waals surface area contributed by atoms with Crippen molar-refractivity contribution in [2.45, 2.75) is 39.3 Å². The summed E-state index contributed by atoms with van der Waals surface area (Å²) >= 11 is 0. The highest BCUT2D eigenvalue weighted by Crippen LogP contribution is 2.46. The van der Waals surface area contributed by atoms with Crippen molar-refractivity contribution in [3.63, 3.8) is 0 Å². The molecule has 0 radical (unpaired) electrons. The smallest absolute Gasteiger partial charge is 0.123 e. The van der Waals surface area contributed by atoms with Crippen LogP contribution in [-0.2, 0) is 0 Å². The van der Waals surface area contributed by atoms with Crippen LogP contribution in [-0.4, -0.2) is 17.9 Å². The summed E-state index contributed by atoms with van der Waals surface area (Å²) in [6.45, 7) is 4.10. The van der Waals surface area contributed by atoms with Crippen molar-refractivity contribution in [1.82, 2.24) is 0 Å². The lowest BCUT2D eigenvalue weighted by atomic mass is 9.63. The molecule has 66 valence electrons. The minimum Gasteiger partial charge on any atom is -0.393 e. The van der Waals surface area contributed by atoms with E-state index in [1.165, 1.54) is 0 Å². The van der Waals surface area contributed by atoms with Gasteiger partial charge in [0.1, 0.15) is 6.17 Å². The molecule has 0 saturated heterocycles. The van der Waals surface area contributed by atoms with Gasteiger partial charge in [0.2, 0.25) is 0 Å². The van der Waals surface area contributed by atoms with Gasteiger partial charge in [-0.2, -0.15) is 0 Å². The zero-order valence-corrected chi connectivity index (χ0v) is 7.31. The summed E-state index contributed by atoms with van der Waals surface area (Å²) in [5.41, 5.74) is 0.430. The molecular weight excluding hydrogens is 143 g/mol. The van der Waals surface area contributed by atoms with E-state index < -0.39 is 6.17 Å². The lowest BCUT2D eigenvalue weighted by molar-refractivity contribution is 0.0528. The van der Waals surface area contributed by atoms with Crippen LogP contribution in [0, 0.1) is 11.3 Å². The summed E-state index contributed by atoms with van der Waals surface area (Å²) in [7, 11) is 0. The Balaban J connectivity index is 2.13. The third kappa shape index (κ3) is 2.44. The van der Waals surface area contributed by atoms with E-state index in [1.807, 2.05) is 0 Å². The molecule has 1 saturated carbocycles. The van der Waals surface area contributed by atoms with E-state index >= 15 is 0 Å². The minimum atomic E-state index is -0.990. The highest BCUT2D eigenvalue weighted by Gasteiger charge is 2.36. The van der Waals surface area contributed by atoms with Gasteiger partial charge in [-0.1, -0.05) is 13.8 Å². The van der Waals surface area contributed by atoms with Gasteiger partial charge in [0, 0.05) is 0 Å². The maximum atomic E-state index is 12.6. The first-order valence-corrected chi connectivity index (χ1v) is 4.28. The van der Waals surface area contributed by atoms with Crippen molar-refractivity contribution in [2.75, 3.05) is 6.61 Å². The Bertz CT molecular complexity index is 126. The Hall–Kier alpha value is -0.110. The van der Waals surface area contributed by atoms with Crippen LogP contribution in [0.1, 0.15) is 33.1 Å². The Labute approximate surface area is 67.6 Å². The maximum absolute atomic E-state index is 12.6. The first kappa shape index (κ1) is 8.98. The van der Waals surface area contributed by atoms with E-state index in [9.17, 15) is 4.39 Å². The molecule has 0 amide bonds. The van der Waals surface area contributed by atoms with Gasteiger partial charge >= 0.3 is 0 Å². The van der Waals surface area contributed by atoms with E-state index in [4.69, 9.17) is 5.11 Å². The molecule has 0 spiro atoms. The van der Waals surface area contributed by atoms with Gasteiger partial charge < -0.3 is 5.11 Å². The topological polar surface area (TPSA) is 20.2 Å². The van der Waals surface area contributed by atoms with E-state index in [1.54, 1.807) is 0 Å². The third-order valence-electron chi connectivity index (χ3n) is 2.47. The standard InChI is InChI=1S/C9H17FO/c1-9(2)4-7(5-9)3-8(10)6-11/h7-8,11H,3-6H2,1-2H3/t8-/m0/s1. The lowest BCUT2D eigenvalue weighted by Crippen LogP contribution is -2.33. The Morgan fingerprint density at radius 3 is 2.45 bits per heavy atom. The van der Waals surface area contributed by atoms with Crippen molar-refractivity contribution in [3.05, 3.63) is 0 Å². The molecule has 0 heterocycles. The Morgan fingerprint density at radius 1 is 1.55 bits per heavy atom. The average Bonchev–Trinajstić information content (AvgIpc) is 1.83. The van der Waals surface area contributed by atoms with Gasteiger partial charge in [-0.3, -0.25) is 0 Å². The van der Waals surface area contributed by atoms with E-state index in [-0.39, 0.29) is 6.61 Å². The van der Waals surface area contributed by atoms with Crippen molar-refractivity contribution >= 4 is 0 Å². The van der Waals surface area contributed by atoms with Crippen molar-refractivity contribution in [2.24, 2.45) is 11.3 Å². The molecule has 1 atom stereocenters. The molecule has 0 aliphatic heterocycles. The fourth-order valence-electron chi connectivity index (χ4n) is 2.11. The summed E-state index contributed by atoms with van der Waals surface area (Å²) in [6, 6.07) is 0. The number of hydrogen-bond donors (Lipinski definition) is 1. The van der Waals surface area contributed by atoms with Crippen LogP contribution in [0.3, 0.4) is 0 Å². The molecule has 2 heteroatoms. The second-order valence-electron chi connectivity index (χ2n) is 4.45. The molecule has 1 fully saturated rings. The predicted molar refractivity (Wildman–Crippen MR) is 43.1 cm³/mol. The molecule has 0 aromatic rings. The van der Waals surface area contributed by atoms with Crippen LogP contribution >= 0.6 is 0 Å². The molecule has 1 aliphatic carbocycles. The molecule has 11 heavy (non-hydrogen) atoms. The zero-order chi connectivity index (χ0) is 8.48. The molecule has 1 N–H and O–H groups in total. The van der Waals surface area contributed by atoms with Crippen molar-refractivity contribution < 1.29 is 9.50 Å². The average molecular weight is 160 g/mol. The van der Waals surface area contributed by atoms with Gasteiger partial charge in [-0.15, -0.1) is 0 Å². The fraction of sp³-hybridized carbons (Fsp3) is 1.00. The number of alkyl halides is 1. The Kier molecular flexibility index (Phi) is 2.53. The second-order valence-corrected chi connectivity index (χ2v) is 4.45. The van der Waals surface area contributed by atoms with Crippen LogP contribution in [0.4, 0.5) is 4.39 Å². The maximum Gasteiger partial charge on any atom is 0.123 e. The van der Waals surface area contributed by atoms with Gasteiger partial charge in [0.25, 0.3) is 0 Å². The molecule has 0 aromatic carbocycles. The monoisotopic (exact) mass is 160 g/mol. The van der Waals surface area contributed by atoms with Crippen LogP contribution in [0.2, 0.25) is 0 Å². The Morgan fingerprint density at radius 2 is 2.09 bits per heavy atom. The molecule has 0 aromatic heterocycles. The highest BCUT2D eigenvalue weighted by atomic mass is 19.1. The number of halogens is 1. The van der Waals surface area contributed by atoms with Crippen molar-refractivity contribution in [1.29, 1.82) is 0 Å². The lowest BCUT2D eigenvalue weighted by Gasteiger charge is -2.43. The molecular formula is C9H17FO. The number of aliphatic hydroxyl groups is 1. The van der Waals surface area contributed by atoms with E-state index in [2.05, 4.69) is 13.8 Å². The van der Waals surface area contributed by atoms with Gasteiger partial charge in [-0.25, -0.2) is 4.39 Å². The van der Waals surface area contributed by atoms with Crippen LogP contribution in [0.25, 0.3) is 0 Å². The first-order valence-electron chi connectivity index (χ1n) is 4.28. The summed E-state index contributed by atoms with van der Waals surface area (Å²) < 4.78 is 12.6. The number of aliphatic hydroxyl groups excluding tert-OH is 1. The van der Waals surface area contributed by atoms with Crippen LogP contribution < -0.4 is 0 Å². The number of hydrogen-bond acceptors (Lipinski definition) is 1. The SMILES string of the molecule is CC1(C)CC(C[C@H](F)CO)C1. The fourth-order valence-corrected chi connectivity index (χ4v) is 2.11. The predicted octanol–water partition coefficient (Wildman–Crippen LogP) is 2.14. The van der Waals surface area contributed by atoms with Gasteiger partial charge in [0.15, 0.2) is 0 Å². The molecule has 0 unspecified atom stereocenters. The molecule has 1 rings (SSSR count).